The van der Waals surface area contributed by atoms with Crippen molar-refractivity contribution in [3.05, 3.63) is 18.0 Å². The van der Waals surface area contributed by atoms with Gasteiger partial charge < -0.3 is 10.6 Å². The van der Waals surface area contributed by atoms with E-state index in [0.29, 0.717) is 18.7 Å². The van der Waals surface area contributed by atoms with Gasteiger partial charge in [0.2, 0.25) is 11.8 Å². The lowest BCUT2D eigenvalue weighted by molar-refractivity contribution is -0.119. The SMILES string of the molecule is CC(=O)NCCCCCC(=O)Nc1cnc2c(c1)c(C)nn2C. The van der Waals surface area contributed by atoms with Crippen molar-refractivity contribution in [1.82, 2.24) is 20.1 Å². The molecule has 0 bridgehead atoms. The second-order valence-electron chi connectivity index (χ2n) is 5.65. The van der Waals surface area contributed by atoms with Gasteiger partial charge >= 0.3 is 0 Å². The fourth-order valence-electron chi connectivity index (χ4n) is 2.45. The number of nitrogens with one attached hydrogen (secondary N) is 2. The maximum absolute atomic E-state index is 12.0. The monoisotopic (exact) mass is 317 g/mol. The first kappa shape index (κ1) is 16.9. The lowest BCUT2D eigenvalue weighted by atomic mass is 10.2. The predicted molar refractivity (Wildman–Crippen MR) is 89.0 cm³/mol. The Hall–Kier alpha value is -2.44. The van der Waals surface area contributed by atoms with Crippen LogP contribution in [0.5, 0.6) is 0 Å². The molecule has 0 aliphatic rings. The van der Waals surface area contributed by atoms with Gasteiger partial charge in [-0.15, -0.1) is 0 Å². The number of rotatable bonds is 7. The van der Waals surface area contributed by atoms with E-state index in [1.54, 1.807) is 10.9 Å². The molecule has 0 saturated carbocycles. The number of pyridine rings is 1. The van der Waals surface area contributed by atoms with Crippen molar-refractivity contribution < 1.29 is 9.59 Å². The molecule has 0 fully saturated rings. The average molecular weight is 317 g/mol. The molecule has 2 amide bonds. The Balaban J connectivity index is 1.79. The van der Waals surface area contributed by atoms with Crippen LogP contribution in [0, 0.1) is 6.92 Å². The Labute approximate surface area is 135 Å². The Kier molecular flexibility index (Phi) is 5.67. The van der Waals surface area contributed by atoms with Gasteiger partial charge in [-0.25, -0.2) is 4.98 Å². The van der Waals surface area contributed by atoms with Crippen LogP contribution in [-0.2, 0) is 16.6 Å². The molecule has 2 rings (SSSR count). The van der Waals surface area contributed by atoms with Gasteiger partial charge in [-0.05, 0) is 25.8 Å². The van der Waals surface area contributed by atoms with Gasteiger partial charge in [-0.3, -0.25) is 14.3 Å². The van der Waals surface area contributed by atoms with Gasteiger partial charge in [0.05, 0.1) is 17.6 Å². The summed E-state index contributed by atoms with van der Waals surface area (Å²) in [5, 5.41) is 10.9. The number of unbranched alkanes of at least 4 members (excludes halogenated alkanes) is 2. The lowest BCUT2D eigenvalue weighted by Crippen LogP contribution is -2.20. The van der Waals surface area contributed by atoms with E-state index in [9.17, 15) is 9.59 Å². The minimum atomic E-state index is -0.0211. The molecule has 7 heteroatoms. The second-order valence-corrected chi connectivity index (χ2v) is 5.65. The molecule has 0 unspecified atom stereocenters. The largest absolute Gasteiger partial charge is 0.356 e. The van der Waals surface area contributed by atoms with E-state index in [1.807, 2.05) is 20.0 Å². The first-order valence-corrected chi connectivity index (χ1v) is 7.81. The van der Waals surface area contributed by atoms with Gasteiger partial charge in [0, 0.05) is 32.3 Å². The van der Waals surface area contributed by atoms with E-state index in [1.165, 1.54) is 6.92 Å². The third kappa shape index (κ3) is 4.77. The van der Waals surface area contributed by atoms with Crippen molar-refractivity contribution in [2.45, 2.75) is 39.5 Å². The van der Waals surface area contributed by atoms with Crippen LogP contribution in [0.2, 0.25) is 0 Å². The third-order valence-electron chi connectivity index (χ3n) is 3.60. The third-order valence-corrected chi connectivity index (χ3v) is 3.60. The Bertz CT molecular complexity index is 708. The van der Waals surface area contributed by atoms with Crippen LogP contribution in [0.1, 0.15) is 38.3 Å². The minimum Gasteiger partial charge on any atom is -0.356 e. The summed E-state index contributed by atoms with van der Waals surface area (Å²) in [5.74, 6) is -0.0384. The molecule has 124 valence electrons. The highest BCUT2D eigenvalue weighted by Crippen LogP contribution is 2.19. The van der Waals surface area contributed by atoms with Crippen molar-refractivity contribution >= 4 is 28.5 Å². The van der Waals surface area contributed by atoms with Gasteiger partial charge in [0.1, 0.15) is 0 Å². The summed E-state index contributed by atoms with van der Waals surface area (Å²) >= 11 is 0. The second kappa shape index (κ2) is 7.71. The van der Waals surface area contributed by atoms with Gasteiger partial charge in [-0.1, -0.05) is 6.42 Å². The molecule has 0 spiro atoms. The molecule has 0 atom stereocenters. The summed E-state index contributed by atoms with van der Waals surface area (Å²) < 4.78 is 1.73. The molecule has 2 aromatic rings. The molecular formula is C16H23N5O2. The number of hydrogen-bond donors (Lipinski definition) is 2. The van der Waals surface area contributed by atoms with Crippen LogP contribution in [-0.4, -0.2) is 33.1 Å². The van der Waals surface area contributed by atoms with Crippen molar-refractivity contribution in [3.63, 3.8) is 0 Å². The lowest BCUT2D eigenvalue weighted by Gasteiger charge is -2.06. The molecule has 2 heterocycles. The number of carbonyl (C=O) groups is 2. The quantitative estimate of drug-likeness (QED) is 0.763. The van der Waals surface area contributed by atoms with Crippen molar-refractivity contribution in [1.29, 1.82) is 0 Å². The minimum absolute atomic E-state index is 0.0173. The van der Waals surface area contributed by atoms with E-state index >= 15 is 0 Å². The molecule has 0 saturated heterocycles. The highest BCUT2D eigenvalue weighted by Gasteiger charge is 2.08. The van der Waals surface area contributed by atoms with Gasteiger partial charge in [-0.2, -0.15) is 5.10 Å². The molecule has 2 aromatic heterocycles. The van der Waals surface area contributed by atoms with E-state index < -0.39 is 0 Å². The Morgan fingerprint density at radius 1 is 1.26 bits per heavy atom. The number of carbonyl (C=O) groups excluding carboxylic acids is 2. The zero-order chi connectivity index (χ0) is 16.8. The van der Waals surface area contributed by atoms with Gasteiger partial charge in [0.25, 0.3) is 0 Å². The number of aromatic nitrogens is 3. The number of fused-ring (bicyclic) bond motifs is 1. The first-order chi connectivity index (χ1) is 11.0. The van der Waals surface area contributed by atoms with Crippen molar-refractivity contribution in [2.75, 3.05) is 11.9 Å². The normalized spacial score (nSPS) is 10.7. The van der Waals surface area contributed by atoms with E-state index in [4.69, 9.17) is 0 Å². The molecular weight excluding hydrogens is 294 g/mol. The number of nitrogens with zero attached hydrogens (tertiary/aromatic N) is 3. The smallest absolute Gasteiger partial charge is 0.224 e. The average Bonchev–Trinajstić information content (AvgIpc) is 2.77. The molecule has 0 aliphatic carbocycles. The fraction of sp³-hybridized carbons (Fsp3) is 0.500. The molecule has 23 heavy (non-hydrogen) atoms. The molecule has 0 aliphatic heterocycles. The first-order valence-electron chi connectivity index (χ1n) is 7.81. The van der Waals surface area contributed by atoms with Gasteiger partial charge in [0.15, 0.2) is 5.65 Å². The summed E-state index contributed by atoms with van der Waals surface area (Å²) in [5.41, 5.74) is 2.39. The van der Waals surface area contributed by atoms with Crippen LogP contribution >= 0.6 is 0 Å². The molecule has 0 radical (unpaired) electrons. The fourth-order valence-corrected chi connectivity index (χ4v) is 2.45. The zero-order valence-electron chi connectivity index (χ0n) is 13.8. The summed E-state index contributed by atoms with van der Waals surface area (Å²) in [7, 11) is 1.85. The van der Waals surface area contributed by atoms with Crippen LogP contribution in [0.4, 0.5) is 5.69 Å². The summed E-state index contributed by atoms with van der Waals surface area (Å²) in [6.07, 6.45) is 4.71. The Morgan fingerprint density at radius 3 is 2.78 bits per heavy atom. The van der Waals surface area contributed by atoms with Crippen molar-refractivity contribution in [2.24, 2.45) is 7.05 Å². The summed E-state index contributed by atoms with van der Waals surface area (Å²) in [4.78, 5) is 27.0. The predicted octanol–water partition coefficient (Wildman–Crippen LogP) is 1.91. The highest BCUT2D eigenvalue weighted by molar-refractivity contribution is 5.93. The standard InChI is InChI=1S/C16H23N5O2/c1-11-14-9-13(10-18-16(14)21(3)20-11)19-15(23)7-5-4-6-8-17-12(2)22/h9-10H,4-8H2,1-3H3,(H,17,22)(H,19,23). The molecule has 2 N–H and O–H groups in total. The number of anilines is 1. The van der Waals surface area contributed by atoms with E-state index in [-0.39, 0.29) is 11.8 Å². The Morgan fingerprint density at radius 2 is 2.04 bits per heavy atom. The number of aryl methyl sites for hydroxylation is 2. The summed E-state index contributed by atoms with van der Waals surface area (Å²) in [6.45, 7) is 4.09. The van der Waals surface area contributed by atoms with Crippen LogP contribution in [0.25, 0.3) is 11.0 Å². The summed E-state index contributed by atoms with van der Waals surface area (Å²) in [6, 6.07) is 1.90. The van der Waals surface area contributed by atoms with Crippen LogP contribution < -0.4 is 10.6 Å². The van der Waals surface area contributed by atoms with E-state index in [0.717, 1.165) is 36.0 Å². The highest BCUT2D eigenvalue weighted by atomic mass is 16.2. The van der Waals surface area contributed by atoms with Crippen LogP contribution in [0.3, 0.4) is 0 Å². The van der Waals surface area contributed by atoms with E-state index in [2.05, 4.69) is 20.7 Å². The topological polar surface area (TPSA) is 88.9 Å². The number of hydrogen-bond acceptors (Lipinski definition) is 4. The van der Waals surface area contributed by atoms with Crippen molar-refractivity contribution in [3.8, 4) is 0 Å². The maximum atomic E-state index is 12.0. The molecule has 0 aromatic carbocycles. The zero-order valence-corrected chi connectivity index (χ0v) is 13.8. The van der Waals surface area contributed by atoms with Crippen LogP contribution in [0.15, 0.2) is 12.3 Å². The molecule has 7 nitrogen and oxygen atoms in total. The maximum Gasteiger partial charge on any atom is 0.224 e. The number of amides is 2.